The van der Waals surface area contributed by atoms with Crippen molar-refractivity contribution in [1.29, 1.82) is 0 Å². The number of rotatable bonds is 13. The van der Waals surface area contributed by atoms with Gasteiger partial charge >= 0.3 is 0 Å². The first-order valence-corrected chi connectivity index (χ1v) is 17.0. The van der Waals surface area contributed by atoms with Crippen LogP contribution in [0.5, 0.6) is 0 Å². The maximum absolute atomic E-state index is 9.11. The van der Waals surface area contributed by atoms with Gasteiger partial charge in [0.2, 0.25) is 9.04 Å². The first-order valence-electron chi connectivity index (χ1n) is 14.6. The lowest BCUT2D eigenvalue weighted by Crippen LogP contribution is -2.47. The normalized spacial score (nSPS) is 33.0. The molecule has 2 saturated heterocycles. The van der Waals surface area contributed by atoms with E-state index >= 15 is 0 Å². The van der Waals surface area contributed by atoms with Gasteiger partial charge in [-0.2, -0.15) is 0 Å². The average Bonchev–Trinajstić information content (AvgIpc) is 3.16. The second-order valence-corrected chi connectivity index (χ2v) is 14.2. The van der Waals surface area contributed by atoms with E-state index in [2.05, 4.69) is 46.0 Å². The molecule has 2 heterocycles. The van der Waals surface area contributed by atoms with Crippen LogP contribution in [0.3, 0.4) is 0 Å². The zero-order valence-electron chi connectivity index (χ0n) is 23.6. The lowest BCUT2D eigenvalue weighted by Gasteiger charge is -2.42. The van der Waals surface area contributed by atoms with Crippen molar-refractivity contribution in [3.05, 3.63) is 12.2 Å². The molecule has 36 heavy (non-hydrogen) atoms. The summed E-state index contributed by atoms with van der Waals surface area (Å²) in [5, 5.41) is 9.11. The van der Waals surface area contributed by atoms with Crippen molar-refractivity contribution in [3.8, 4) is 0 Å². The number of ether oxygens (including phenoxy) is 4. The Morgan fingerprint density at radius 2 is 1.56 bits per heavy atom. The Hall–Kier alpha value is -0.283. The molecule has 3 unspecified atom stereocenters. The Labute approximate surface area is 222 Å². The summed E-state index contributed by atoms with van der Waals surface area (Å²) in [6, 6.07) is 0. The molecular formula is C29H53O6Si. The summed E-state index contributed by atoms with van der Waals surface area (Å²) in [4.78, 5) is 0. The zero-order chi connectivity index (χ0) is 26.0. The van der Waals surface area contributed by atoms with Gasteiger partial charge in [-0.05, 0) is 88.6 Å². The summed E-state index contributed by atoms with van der Waals surface area (Å²) < 4.78 is 32.3. The van der Waals surface area contributed by atoms with E-state index in [-0.39, 0.29) is 48.8 Å². The fraction of sp³-hybridized carbons (Fsp3) is 0.931. The van der Waals surface area contributed by atoms with E-state index in [9.17, 15) is 0 Å². The molecule has 209 valence electrons. The molecule has 0 aromatic rings. The molecule has 0 aromatic carbocycles. The summed E-state index contributed by atoms with van der Waals surface area (Å²) in [7, 11) is -0.904. The largest absolute Gasteiger partial charge is 0.413 e. The van der Waals surface area contributed by atoms with Gasteiger partial charge in [-0.15, -0.1) is 0 Å². The van der Waals surface area contributed by atoms with Crippen molar-refractivity contribution in [1.82, 2.24) is 0 Å². The molecule has 0 spiro atoms. The minimum absolute atomic E-state index is 0.0129. The van der Waals surface area contributed by atoms with Gasteiger partial charge in [0.1, 0.15) is 0 Å². The highest BCUT2D eigenvalue weighted by Gasteiger charge is 2.52. The second-order valence-electron chi connectivity index (χ2n) is 12.2. The third-order valence-corrected chi connectivity index (χ3v) is 8.44. The van der Waals surface area contributed by atoms with Gasteiger partial charge in [0.05, 0.1) is 18.3 Å². The number of aliphatic hydroxyl groups excluding tert-OH is 1. The van der Waals surface area contributed by atoms with Gasteiger partial charge in [0, 0.05) is 32.2 Å². The summed E-state index contributed by atoms with van der Waals surface area (Å²) in [5.41, 5.74) is -0.0129. The van der Waals surface area contributed by atoms with E-state index in [4.69, 9.17) is 28.5 Å². The molecule has 3 rings (SSSR count). The van der Waals surface area contributed by atoms with E-state index in [1.165, 1.54) is 0 Å². The van der Waals surface area contributed by atoms with Crippen LogP contribution in [0.15, 0.2) is 12.2 Å². The summed E-state index contributed by atoms with van der Waals surface area (Å²) >= 11 is 0. The highest BCUT2D eigenvalue weighted by molar-refractivity contribution is 6.48. The van der Waals surface area contributed by atoms with E-state index in [1.54, 1.807) is 0 Å². The first kappa shape index (κ1) is 30.3. The van der Waals surface area contributed by atoms with Crippen LogP contribution in [0.1, 0.15) is 91.4 Å². The first-order chi connectivity index (χ1) is 17.3. The van der Waals surface area contributed by atoms with Crippen molar-refractivity contribution in [2.45, 2.75) is 135 Å². The smallest absolute Gasteiger partial charge is 0.205 e. The van der Waals surface area contributed by atoms with Crippen LogP contribution < -0.4 is 0 Å². The Balaban J connectivity index is 1.85. The minimum Gasteiger partial charge on any atom is -0.413 e. The Bertz CT molecular complexity index is 624. The summed E-state index contributed by atoms with van der Waals surface area (Å²) in [6.07, 6.45) is 15.8. The Kier molecular flexibility index (Phi) is 12.9. The van der Waals surface area contributed by atoms with E-state index in [0.717, 1.165) is 83.8 Å². The topological polar surface area (TPSA) is 66.4 Å². The van der Waals surface area contributed by atoms with Crippen molar-refractivity contribution >= 4 is 9.04 Å². The van der Waals surface area contributed by atoms with Crippen molar-refractivity contribution in [2.24, 2.45) is 17.3 Å². The minimum atomic E-state index is -0.904. The number of allylic oxidation sites excluding steroid dienone is 2. The molecule has 0 aromatic heterocycles. The number of aliphatic hydroxyl groups is 1. The van der Waals surface area contributed by atoms with Crippen LogP contribution in [-0.4, -0.2) is 64.9 Å². The Morgan fingerprint density at radius 1 is 0.917 bits per heavy atom. The van der Waals surface area contributed by atoms with E-state index in [1.807, 2.05) is 0 Å². The van der Waals surface area contributed by atoms with Gasteiger partial charge in [-0.1, -0.05) is 32.9 Å². The Morgan fingerprint density at radius 3 is 2.08 bits per heavy atom. The molecule has 6 nitrogen and oxygen atoms in total. The molecule has 1 aliphatic carbocycles. The van der Waals surface area contributed by atoms with Crippen molar-refractivity contribution in [2.75, 3.05) is 19.8 Å². The number of hydrogen-bond acceptors (Lipinski definition) is 6. The molecule has 1 radical (unpaired) electrons. The second kappa shape index (κ2) is 15.3. The van der Waals surface area contributed by atoms with E-state index < -0.39 is 9.04 Å². The maximum Gasteiger partial charge on any atom is 0.205 e. The molecule has 2 aliphatic heterocycles. The highest BCUT2D eigenvalue weighted by atomic mass is 28.3. The van der Waals surface area contributed by atoms with E-state index in [0.29, 0.717) is 5.92 Å². The van der Waals surface area contributed by atoms with Crippen LogP contribution in [0, 0.1) is 17.3 Å². The maximum atomic E-state index is 9.11. The monoisotopic (exact) mass is 525 g/mol. The molecule has 3 aliphatic rings. The van der Waals surface area contributed by atoms with Gasteiger partial charge < -0.3 is 28.5 Å². The zero-order valence-corrected chi connectivity index (χ0v) is 24.6. The third-order valence-electron chi connectivity index (χ3n) is 7.71. The van der Waals surface area contributed by atoms with Crippen LogP contribution in [0.25, 0.3) is 0 Å². The quantitative estimate of drug-likeness (QED) is 0.174. The van der Waals surface area contributed by atoms with Crippen molar-refractivity contribution in [3.63, 3.8) is 0 Å². The summed E-state index contributed by atoms with van der Waals surface area (Å²) in [6.45, 7) is 13.2. The molecule has 7 heteroatoms. The molecular weight excluding hydrogens is 472 g/mol. The number of hydrogen-bond donors (Lipinski definition) is 1. The third kappa shape index (κ3) is 9.48. The number of unbranched alkanes of at least 4 members (excludes halogenated alkanes) is 2. The molecule has 3 fully saturated rings. The van der Waals surface area contributed by atoms with Crippen LogP contribution in [0.2, 0.25) is 13.1 Å². The lowest BCUT2D eigenvalue weighted by molar-refractivity contribution is -0.207. The molecule has 0 bridgehead atoms. The SMILES string of the molecule is C[Si](C)OC([C@H]1[C@@H](C/C=C\CCCCO)[C@@H](OC2CCCCO2)C[C@H]1OC1CCCCO1)C(C)(C)C. The van der Waals surface area contributed by atoms with Gasteiger partial charge in [-0.25, -0.2) is 0 Å². The van der Waals surface area contributed by atoms with Crippen LogP contribution >= 0.6 is 0 Å². The molecule has 0 amide bonds. The fourth-order valence-electron chi connectivity index (χ4n) is 5.97. The lowest BCUT2D eigenvalue weighted by atomic mass is 9.75. The average molecular weight is 526 g/mol. The predicted octanol–water partition coefficient (Wildman–Crippen LogP) is 6.24. The van der Waals surface area contributed by atoms with Gasteiger partial charge in [0.25, 0.3) is 0 Å². The highest BCUT2D eigenvalue weighted by Crippen LogP contribution is 2.47. The van der Waals surface area contributed by atoms with Gasteiger partial charge in [-0.3, -0.25) is 0 Å². The standard InChI is InChI=1S/C29H53O6Si/c1-29(2,3)28(35-36(4)5)27-22(15-9-7-6-8-12-18-30)23(33-25-16-10-13-19-31-25)21-24(27)34-26-17-11-14-20-32-26/h7,9,22-28,30H,6,8,10-21H2,1-5H3/b9-7-/t22-,23-,24+,25?,26?,27-,28?/m0/s1. The fourth-order valence-corrected chi connectivity index (χ4v) is 6.99. The molecule has 1 N–H and O–H groups in total. The van der Waals surface area contributed by atoms with Crippen molar-refractivity contribution < 1.29 is 28.5 Å². The predicted molar refractivity (Wildman–Crippen MR) is 145 cm³/mol. The van der Waals surface area contributed by atoms with Gasteiger partial charge in [0.15, 0.2) is 12.6 Å². The van der Waals surface area contributed by atoms with Crippen LogP contribution in [0.4, 0.5) is 0 Å². The molecule has 1 saturated carbocycles. The van der Waals surface area contributed by atoms with Crippen LogP contribution in [-0.2, 0) is 23.4 Å². The summed E-state index contributed by atoms with van der Waals surface area (Å²) in [5.74, 6) is 0.523. The molecule has 7 atom stereocenters.